The topological polar surface area (TPSA) is 79.7 Å². The molecule has 204 valence electrons. The number of methoxy groups -OCH3 is 1. The molecule has 1 aromatic heterocycles. The van der Waals surface area contributed by atoms with Crippen LogP contribution in [0.25, 0.3) is 17.3 Å². The average Bonchev–Trinajstić information content (AvgIpc) is 3.20. The van der Waals surface area contributed by atoms with Crippen molar-refractivity contribution in [1.82, 2.24) is 25.1 Å². The van der Waals surface area contributed by atoms with E-state index in [0.717, 1.165) is 37.9 Å². The van der Waals surface area contributed by atoms with Gasteiger partial charge in [-0.05, 0) is 66.8 Å². The number of carbonyl (C=O) groups is 2. The van der Waals surface area contributed by atoms with Crippen LogP contribution in [0, 0.1) is 5.82 Å². The van der Waals surface area contributed by atoms with E-state index >= 15 is 0 Å². The lowest BCUT2D eigenvalue weighted by molar-refractivity contribution is 0.0743. The van der Waals surface area contributed by atoms with Crippen molar-refractivity contribution in [2.75, 3.05) is 33.3 Å². The van der Waals surface area contributed by atoms with Gasteiger partial charge >= 0.3 is 6.09 Å². The second-order valence-corrected chi connectivity index (χ2v) is 10.4. The van der Waals surface area contributed by atoms with Crippen LogP contribution in [0.2, 0.25) is 10.0 Å². The lowest BCUT2D eigenvalue weighted by atomic mass is 10.0. The zero-order valence-electron chi connectivity index (χ0n) is 21.4. The molecule has 1 fully saturated rings. The van der Waals surface area contributed by atoms with E-state index in [9.17, 15) is 14.0 Å². The van der Waals surface area contributed by atoms with Gasteiger partial charge in [-0.2, -0.15) is 5.10 Å². The van der Waals surface area contributed by atoms with Crippen LogP contribution in [0.4, 0.5) is 9.18 Å². The van der Waals surface area contributed by atoms with Crippen LogP contribution in [0.5, 0.6) is 0 Å². The minimum atomic E-state index is -0.492. The standard InChI is InChI=1S/C28H28Cl2FN5O3/c1-39-28(38)34-14-11-22-25(27(37)33-35-12-3-2-4-13-35)32-36(24-10-7-20(29)16-23(24)30)26(22)19(17-34)15-18-5-8-21(31)9-6-18/h5-10,15-16H,2-4,11-14,17H2,1H3,(H,33,37)/b19-15+. The van der Waals surface area contributed by atoms with Crippen molar-refractivity contribution in [3.8, 4) is 5.69 Å². The zero-order chi connectivity index (χ0) is 27.5. The normalized spacial score (nSPS) is 17.0. The molecular weight excluding hydrogens is 544 g/mol. The number of amides is 2. The summed E-state index contributed by atoms with van der Waals surface area (Å²) in [4.78, 5) is 27.8. The molecule has 2 aromatic carbocycles. The van der Waals surface area contributed by atoms with Crippen LogP contribution in [0.15, 0.2) is 42.5 Å². The molecule has 2 aliphatic rings. The Morgan fingerprint density at radius 1 is 1.05 bits per heavy atom. The highest BCUT2D eigenvalue weighted by Crippen LogP contribution is 2.34. The van der Waals surface area contributed by atoms with Gasteiger partial charge in [0.05, 0.1) is 30.1 Å². The molecule has 0 spiro atoms. The first-order chi connectivity index (χ1) is 18.8. The number of nitrogens with one attached hydrogen (secondary N) is 1. The summed E-state index contributed by atoms with van der Waals surface area (Å²) >= 11 is 12.8. The number of halogens is 3. The van der Waals surface area contributed by atoms with Gasteiger partial charge in [-0.25, -0.2) is 18.9 Å². The Balaban J connectivity index is 1.68. The SMILES string of the molecule is COC(=O)N1CCc2c(C(=O)NN3CCCCC3)nn(-c3ccc(Cl)cc3Cl)c2/C(=C/c2ccc(F)cc2)C1. The highest BCUT2D eigenvalue weighted by Gasteiger charge is 2.32. The Morgan fingerprint density at radius 3 is 2.49 bits per heavy atom. The summed E-state index contributed by atoms with van der Waals surface area (Å²) in [7, 11) is 1.33. The van der Waals surface area contributed by atoms with E-state index in [1.165, 1.54) is 19.2 Å². The Hall–Kier alpha value is -3.40. The molecule has 39 heavy (non-hydrogen) atoms. The molecule has 0 bridgehead atoms. The van der Waals surface area contributed by atoms with Gasteiger partial charge in [0.2, 0.25) is 0 Å². The van der Waals surface area contributed by atoms with Crippen molar-refractivity contribution in [2.45, 2.75) is 25.7 Å². The lowest BCUT2D eigenvalue weighted by Crippen LogP contribution is -2.45. The minimum Gasteiger partial charge on any atom is -0.453 e. The van der Waals surface area contributed by atoms with Crippen LogP contribution < -0.4 is 5.43 Å². The quantitative estimate of drug-likeness (QED) is 0.440. The molecule has 3 heterocycles. The zero-order valence-corrected chi connectivity index (χ0v) is 22.9. The van der Waals surface area contributed by atoms with Gasteiger partial charge in [0.1, 0.15) is 5.82 Å². The van der Waals surface area contributed by atoms with E-state index in [4.69, 9.17) is 33.0 Å². The summed E-state index contributed by atoms with van der Waals surface area (Å²) < 4.78 is 20.3. The minimum absolute atomic E-state index is 0.182. The Bertz CT molecular complexity index is 1420. The molecule has 0 saturated carbocycles. The Kier molecular flexibility index (Phi) is 8.20. The Morgan fingerprint density at radius 2 is 1.79 bits per heavy atom. The molecular formula is C28H28Cl2FN5O3. The number of fused-ring (bicyclic) bond motifs is 1. The van der Waals surface area contributed by atoms with E-state index in [-0.39, 0.29) is 24.0 Å². The number of rotatable bonds is 4. The maximum atomic E-state index is 13.7. The molecule has 0 atom stereocenters. The largest absolute Gasteiger partial charge is 0.453 e. The van der Waals surface area contributed by atoms with Crippen LogP contribution in [0.3, 0.4) is 0 Å². The third kappa shape index (κ3) is 5.95. The number of carbonyl (C=O) groups excluding carboxylic acids is 2. The van der Waals surface area contributed by atoms with Crippen molar-refractivity contribution < 1.29 is 18.7 Å². The highest BCUT2D eigenvalue weighted by molar-refractivity contribution is 6.35. The first-order valence-corrected chi connectivity index (χ1v) is 13.5. The number of piperidine rings is 1. The summed E-state index contributed by atoms with van der Waals surface area (Å²) in [6.45, 7) is 2.03. The smallest absolute Gasteiger partial charge is 0.409 e. The van der Waals surface area contributed by atoms with Crippen molar-refractivity contribution >= 4 is 46.9 Å². The third-order valence-corrected chi connectivity index (χ3v) is 7.43. The molecule has 0 radical (unpaired) electrons. The molecule has 2 aliphatic heterocycles. The van der Waals surface area contributed by atoms with Gasteiger partial charge in [0.15, 0.2) is 5.69 Å². The van der Waals surface area contributed by atoms with Crippen molar-refractivity contribution in [2.24, 2.45) is 0 Å². The van der Waals surface area contributed by atoms with Crippen molar-refractivity contribution in [1.29, 1.82) is 0 Å². The fourth-order valence-electron chi connectivity index (χ4n) is 4.99. The first-order valence-electron chi connectivity index (χ1n) is 12.8. The van der Waals surface area contributed by atoms with Crippen LogP contribution >= 0.6 is 23.2 Å². The summed E-state index contributed by atoms with van der Waals surface area (Å²) in [5.41, 5.74) is 6.51. The number of aromatic nitrogens is 2. The van der Waals surface area contributed by atoms with Gasteiger partial charge in [-0.3, -0.25) is 10.2 Å². The predicted molar refractivity (Wildman–Crippen MR) is 148 cm³/mol. The number of hydrogen-bond donors (Lipinski definition) is 1. The van der Waals surface area contributed by atoms with E-state index in [1.54, 1.807) is 39.9 Å². The van der Waals surface area contributed by atoms with E-state index in [1.807, 2.05) is 11.1 Å². The molecule has 1 saturated heterocycles. The molecule has 8 nitrogen and oxygen atoms in total. The van der Waals surface area contributed by atoms with Crippen LogP contribution in [-0.4, -0.2) is 65.0 Å². The summed E-state index contributed by atoms with van der Waals surface area (Å²) in [6.07, 6.45) is 4.87. The lowest BCUT2D eigenvalue weighted by Gasteiger charge is -2.26. The number of nitrogens with zero attached hydrogens (tertiary/aromatic N) is 4. The average molecular weight is 572 g/mol. The molecule has 3 aromatic rings. The predicted octanol–water partition coefficient (Wildman–Crippen LogP) is 5.61. The van der Waals surface area contributed by atoms with Crippen LogP contribution in [-0.2, 0) is 11.2 Å². The second-order valence-electron chi connectivity index (χ2n) is 9.53. The number of hydrogen-bond acceptors (Lipinski definition) is 5. The molecule has 1 N–H and O–H groups in total. The van der Waals surface area contributed by atoms with Gasteiger partial charge in [0, 0.05) is 30.2 Å². The molecule has 0 unspecified atom stereocenters. The summed E-state index contributed by atoms with van der Waals surface area (Å²) in [5, 5.41) is 7.50. The maximum Gasteiger partial charge on any atom is 0.409 e. The van der Waals surface area contributed by atoms with Crippen molar-refractivity contribution in [3.63, 3.8) is 0 Å². The fraction of sp³-hybridized carbons (Fsp3) is 0.321. The highest BCUT2D eigenvalue weighted by atomic mass is 35.5. The molecule has 11 heteroatoms. The van der Waals surface area contributed by atoms with Crippen LogP contribution in [0.1, 0.15) is 46.6 Å². The monoisotopic (exact) mass is 571 g/mol. The van der Waals surface area contributed by atoms with Gasteiger partial charge in [-0.15, -0.1) is 0 Å². The maximum absolute atomic E-state index is 13.7. The van der Waals surface area contributed by atoms with Gasteiger partial charge in [-0.1, -0.05) is 41.8 Å². The van der Waals surface area contributed by atoms with E-state index < -0.39 is 6.09 Å². The molecule has 5 rings (SSSR count). The number of ether oxygens (including phenoxy) is 1. The fourth-order valence-corrected chi connectivity index (χ4v) is 5.48. The number of hydrazine groups is 1. The third-order valence-electron chi connectivity index (χ3n) is 6.89. The summed E-state index contributed by atoms with van der Waals surface area (Å²) in [5.74, 6) is -0.686. The Labute approximate surface area is 235 Å². The molecule has 0 aliphatic carbocycles. The van der Waals surface area contributed by atoms with E-state index in [0.29, 0.717) is 45.5 Å². The van der Waals surface area contributed by atoms with Gasteiger partial charge in [0.25, 0.3) is 5.91 Å². The van der Waals surface area contributed by atoms with Gasteiger partial charge < -0.3 is 9.64 Å². The second kappa shape index (κ2) is 11.8. The van der Waals surface area contributed by atoms with Crippen molar-refractivity contribution in [3.05, 3.63) is 80.8 Å². The summed E-state index contributed by atoms with van der Waals surface area (Å²) in [6, 6.07) is 11.1. The van der Waals surface area contributed by atoms with E-state index in [2.05, 4.69) is 5.43 Å². The first kappa shape index (κ1) is 27.2. The molecule has 2 amide bonds. The number of benzene rings is 2.